The fourth-order valence-corrected chi connectivity index (χ4v) is 2.49. The van der Waals surface area contributed by atoms with Crippen LogP contribution in [0.25, 0.3) is 0 Å². The highest BCUT2D eigenvalue weighted by Crippen LogP contribution is 2.23. The fraction of sp³-hybridized carbons (Fsp3) is 0.600. The lowest BCUT2D eigenvalue weighted by Gasteiger charge is -2.08. The number of aryl methyl sites for hydroxylation is 1. The van der Waals surface area contributed by atoms with Crippen LogP contribution in [0.4, 0.5) is 5.13 Å². The monoisotopic (exact) mass is 242 g/mol. The molecule has 2 rings (SSSR count). The topological polar surface area (TPSA) is 71.5 Å². The Bertz CT molecular complexity index is 385. The van der Waals surface area contributed by atoms with Gasteiger partial charge in [-0.25, -0.2) is 9.78 Å². The zero-order valence-electron chi connectivity index (χ0n) is 9.02. The van der Waals surface area contributed by atoms with Crippen molar-refractivity contribution in [3.8, 4) is 0 Å². The standard InChI is InChI=1S/C10H14N2O3S/c1-6-8(9(13)14)16-10(12-6)11-5-7-3-2-4-15-7/h7H,2-5H2,1H3,(H,11,12)(H,13,14)/t7-/m0/s1. The molecule has 0 radical (unpaired) electrons. The molecule has 16 heavy (non-hydrogen) atoms. The molecule has 1 aliphatic rings. The van der Waals surface area contributed by atoms with Crippen molar-refractivity contribution in [3.63, 3.8) is 0 Å². The Morgan fingerprint density at radius 3 is 3.12 bits per heavy atom. The van der Waals surface area contributed by atoms with E-state index in [2.05, 4.69) is 10.3 Å². The number of nitrogens with zero attached hydrogens (tertiary/aromatic N) is 1. The molecule has 0 saturated carbocycles. The van der Waals surface area contributed by atoms with Crippen LogP contribution in [-0.2, 0) is 4.74 Å². The first kappa shape index (κ1) is 11.3. The van der Waals surface area contributed by atoms with E-state index in [-0.39, 0.29) is 6.10 Å². The van der Waals surface area contributed by atoms with Crippen LogP contribution in [0.3, 0.4) is 0 Å². The number of rotatable bonds is 4. The van der Waals surface area contributed by atoms with Crippen LogP contribution in [0.5, 0.6) is 0 Å². The lowest BCUT2D eigenvalue weighted by molar-refractivity contribution is 0.0701. The number of aromatic nitrogens is 1. The molecule has 0 bridgehead atoms. The Morgan fingerprint density at radius 1 is 1.75 bits per heavy atom. The molecule has 0 aliphatic carbocycles. The highest BCUT2D eigenvalue weighted by Gasteiger charge is 2.17. The van der Waals surface area contributed by atoms with Gasteiger partial charge in [0, 0.05) is 13.2 Å². The van der Waals surface area contributed by atoms with Crippen LogP contribution >= 0.6 is 11.3 Å². The molecule has 1 aliphatic heterocycles. The van der Waals surface area contributed by atoms with Crippen LogP contribution in [0.15, 0.2) is 0 Å². The van der Waals surface area contributed by atoms with Crippen molar-refractivity contribution in [1.29, 1.82) is 0 Å². The average Bonchev–Trinajstić information content (AvgIpc) is 2.83. The van der Waals surface area contributed by atoms with Gasteiger partial charge in [0.05, 0.1) is 11.8 Å². The van der Waals surface area contributed by atoms with E-state index >= 15 is 0 Å². The highest BCUT2D eigenvalue weighted by molar-refractivity contribution is 7.17. The zero-order valence-corrected chi connectivity index (χ0v) is 9.84. The van der Waals surface area contributed by atoms with Crippen molar-refractivity contribution >= 4 is 22.4 Å². The fourth-order valence-electron chi connectivity index (χ4n) is 1.68. The summed E-state index contributed by atoms with van der Waals surface area (Å²) in [6.45, 7) is 3.23. The summed E-state index contributed by atoms with van der Waals surface area (Å²) in [4.78, 5) is 15.3. The lowest BCUT2D eigenvalue weighted by atomic mass is 10.2. The van der Waals surface area contributed by atoms with Crippen LogP contribution in [0, 0.1) is 6.92 Å². The van der Waals surface area contributed by atoms with Gasteiger partial charge in [0.25, 0.3) is 0 Å². The number of carboxylic acid groups (broad SMARTS) is 1. The van der Waals surface area contributed by atoms with Crippen LogP contribution in [-0.4, -0.2) is 35.3 Å². The summed E-state index contributed by atoms with van der Waals surface area (Å²) >= 11 is 1.17. The highest BCUT2D eigenvalue weighted by atomic mass is 32.1. The Morgan fingerprint density at radius 2 is 2.56 bits per heavy atom. The molecular weight excluding hydrogens is 228 g/mol. The normalized spacial score (nSPS) is 19.9. The molecule has 0 unspecified atom stereocenters. The number of carbonyl (C=O) groups is 1. The first-order valence-electron chi connectivity index (χ1n) is 5.23. The number of aromatic carboxylic acids is 1. The number of thiazole rings is 1. The maximum atomic E-state index is 10.8. The molecule has 2 heterocycles. The molecular formula is C10H14N2O3S. The number of ether oxygens (including phenoxy) is 1. The third-order valence-electron chi connectivity index (χ3n) is 2.50. The second-order valence-electron chi connectivity index (χ2n) is 3.75. The van der Waals surface area contributed by atoms with Crippen molar-refractivity contribution in [2.45, 2.75) is 25.9 Å². The average molecular weight is 242 g/mol. The van der Waals surface area contributed by atoms with Crippen molar-refractivity contribution in [2.75, 3.05) is 18.5 Å². The summed E-state index contributed by atoms with van der Waals surface area (Å²) in [7, 11) is 0. The number of anilines is 1. The van der Waals surface area contributed by atoms with E-state index in [0.29, 0.717) is 22.2 Å². The molecule has 1 fully saturated rings. The Labute approximate surface area is 97.5 Å². The molecule has 1 saturated heterocycles. The first-order chi connectivity index (χ1) is 7.66. The van der Waals surface area contributed by atoms with Gasteiger partial charge < -0.3 is 15.2 Å². The maximum Gasteiger partial charge on any atom is 0.347 e. The first-order valence-corrected chi connectivity index (χ1v) is 6.04. The zero-order chi connectivity index (χ0) is 11.5. The van der Waals surface area contributed by atoms with E-state index in [9.17, 15) is 4.79 Å². The van der Waals surface area contributed by atoms with Gasteiger partial charge >= 0.3 is 5.97 Å². The summed E-state index contributed by atoms with van der Waals surface area (Å²) in [5, 5.41) is 12.7. The Hall–Kier alpha value is -1.14. The Kier molecular flexibility index (Phi) is 3.40. The number of hydrogen-bond acceptors (Lipinski definition) is 5. The Balaban J connectivity index is 1.94. The van der Waals surface area contributed by atoms with Crippen LogP contribution in [0.2, 0.25) is 0 Å². The van der Waals surface area contributed by atoms with Gasteiger partial charge in [-0.1, -0.05) is 11.3 Å². The van der Waals surface area contributed by atoms with Crippen LogP contribution < -0.4 is 5.32 Å². The summed E-state index contributed by atoms with van der Waals surface area (Å²) in [5.41, 5.74) is 0.562. The van der Waals surface area contributed by atoms with E-state index in [1.165, 1.54) is 11.3 Å². The predicted octanol–water partition coefficient (Wildman–Crippen LogP) is 1.74. The van der Waals surface area contributed by atoms with Gasteiger partial charge in [-0.15, -0.1) is 0 Å². The number of nitrogens with one attached hydrogen (secondary N) is 1. The molecule has 1 aromatic heterocycles. The smallest absolute Gasteiger partial charge is 0.347 e. The minimum absolute atomic E-state index is 0.234. The summed E-state index contributed by atoms with van der Waals surface area (Å²) in [5.74, 6) is -0.917. The van der Waals surface area contributed by atoms with Gasteiger partial charge in [-0.3, -0.25) is 0 Å². The second-order valence-corrected chi connectivity index (χ2v) is 4.75. The van der Waals surface area contributed by atoms with Gasteiger partial charge in [0.1, 0.15) is 4.88 Å². The summed E-state index contributed by atoms with van der Waals surface area (Å²) in [6.07, 6.45) is 2.39. The number of carboxylic acids is 1. The molecule has 1 aromatic rings. The minimum atomic E-state index is -0.917. The third-order valence-corrected chi connectivity index (χ3v) is 3.60. The van der Waals surface area contributed by atoms with E-state index in [1.807, 2.05) is 0 Å². The SMILES string of the molecule is Cc1nc(NC[C@@H]2CCCO2)sc1C(=O)O. The molecule has 6 heteroatoms. The van der Waals surface area contributed by atoms with Gasteiger partial charge in [-0.05, 0) is 19.8 Å². The lowest BCUT2D eigenvalue weighted by Crippen LogP contribution is -2.18. The maximum absolute atomic E-state index is 10.8. The molecule has 0 spiro atoms. The minimum Gasteiger partial charge on any atom is -0.477 e. The van der Waals surface area contributed by atoms with Crippen molar-refractivity contribution < 1.29 is 14.6 Å². The number of hydrogen-bond donors (Lipinski definition) is 2. The van der Waals surface area contributed by atoms with E-state index in [4.69, 9.17) is 9.84 Å². The van der Waals surface area contributed by atoms with Gasteiger partial charge in [-0.2, -0.15) is 0 Å². The van der Waals surface area contributed by atoms with Crippen molar-refractivity contribution in [2.24, 2.45) is 0 Å². The molecule has 5 nitrogen and oxygen atoms in total. The third kappa shape index (κ3) is 2.51. The van der Waals surface area contributed by atoms with E-state index in [0.717, 1.165) is 19.4 Å². The largest absolute Gasteiger partial charge is 0.477 e. The van der Waals surface area contributed by atoms with Gasteiger partial charge in [0.15, 0.2) is 5.13 Å². The van der Waals surface area contributed by atoms with Crippen molar-refractivity contribution in [3.05, 3.63) is 10.6 Å². The van der Waals surface area contributed by atoms with E-state index < -0.39 is 5.97 Å². The summed E-state index contributed by atoms with van der Waals surface area (Å²) < 4.78 is 5.46. The van der Waals surface area contributed by atoms with Crippen LogP contribution in [0.1, 0.15) is 28.2 Å². The molecule has 0 amide bonds. The van der Waals surface area contributed by atoms with Crippen molar-refractivity contribution in [1.82, 2.24) is 4.98 Å². The quantitative estimate of drug-likeness (QED) is 0.841. The predicted molar refractivity (Wildman–Crippen MR) is 61.3 cm³/mol. The second kappa shape index (κ2) is 4.80. The molecule has 1 atom stereocenters. The molecule has 0 aromatic carbocycles. The van der Waals surface area contributed by atoms with E-state index in [1.54, 1.807) is 6.92 Å². The molecule has 2 N–H and O–H groups in total. The summed E-state index contributed by atoms with van der Waals surface area (Å²) in [6, 6.07) is 0. The molecule has 88 valence electrons. The van der Waals surface area contributed by atoms with Gasteiger partial charge in [0.2, 0.25) is 0 Å².